The molecular weight excluding hydrogens is 284 g/mol. The van der Waals surface area contributed by atoms with E-state index in [1.54, 1.807) is 0 Å². The van der Waals surface area contributed by atoms with Crippen molar-refractivity contribution in [1.82, 2.24) is 19.9 Å². The van der Waals surface area contributed by atoms with Crippen molar-refractivity contribution in [3.05, 3.63) is 51.5 Å². The third-order valence-corrected chi connectivity index (χ3v) is 3.72. The molecule has 0 saturated heterocycles. The van der Waals surface area contributed by atoms with Crippen molar-refractivity contribution in [1.29, 1.82) is 0 Å². The summed E-state index contributed by atoms with van der Waals surface area (Å²) in [5.74, 6) is 0.680. The Kier molecular flexibility index (Phi) is 3.27. The molecule has 96 valence electrons. The molecule has 0 radical (unpaired) electrons. The Morgan fingerprint density at radius 1 is 1.37 bits per heavy atom. The number of aromatic nitrogens is 4. The van der Waals surface area contributed by atoms with Crippen LogP contribution in [0.2, 0.25) is 5.02 Å². The van der Waals surface area contributed by atoms with E-state index in [9.17, 15) is 4.79 Å². The molecular formula is C12H9ClN4OS. The SMILES string of the molecule is O=c1[nH]c(SCc2cccc(Cl)c2)nc2nc[nH]c12. The van der Waals surface area contributed by atoms with Crippen LogP contribution in [0, 0.1) is 0 Å². The quantitative estimate of drug-likeness (QED) is 0.575. The number of imidazole rings is 1. The molecule has 0 amide bonds. The molecule has 3 rings (SSSR count). The van der Waals surface area contributed by atoms with Crippen molar-refractivity contribution in [2.24, 2.45) is 0 Å². The van der Waals surface area contributed by atoms with Crippen molar-refractivity contribution in [2.45, 2.75) is 10.9 Å². The van der Waals surface area contributed by atoms with Gasteiger partial charge in [-0.1, -0.05) is 35.5 Å². The van der Waals surface area contributed by atoms with Crippen LogP contribution in [0.15, 0.2) is 40.5 Å². The van der Waals surface area contributed by atoms with E-state index < -0.39 is 0 Å². The van der Waals surface area contributed by atoms with Crippen LogP contribution in [0.3, 0.4) is 0 Å². The molecule has 2 N–H and O–H groups in total. The van der Waals surface area contributed by atoms with Gasteiger partial charge in [0.1, 0.15) is 0 Å². The summed E-state index contributed by atoms with van der Waals surface area (Å²) >= 11 is 7.35. The second-order valence-corrected chi connectivity index (χ2v) is 5.29. The molecule has 3 aromatic rings. The maximum Gasteiger partial charge on any atom is 0.277 e. The largest absolute Gasteiger partial charge is 0.339 e. The fourth-order valence-corrected chi connectivity index (χ4v) is 2.68. The van der Waals surface area contributed by atoms with Gasteiger partial charge in [0, 0.05) is 10.8 Å². The second kappa shape index (κ2) is 5.07. The summed E-state index contributed by atoms with van der Waals surface area (Å²) in [5.41, 5.74) is 1.68. The minimum atomic E-state index is -0.212. The fraction of sp³-hybridized carbons (Fsp3) is 0.0833. The lowest BCUT2D eigenvalue weighted by molar-refractivity contribution is 0.964. The average Bonchev–Trinajstić information content (AvgIpc) is 2.85. The average molecular weight is 293 g/mol. The van der Waals surface area contributed by atoms with Crippen molar-refractivity contribution in [3.63, 3.8) is 0 Å². The number of halogens is 1. The van der Waals surface area contributed by atoms with Gasteiger partial charge < -0.3 is 4.98 Å². The lowest BCUT2D eigenvalue weighted by Gasteiger charge is -2.01. The molecule has 0 aliphatic rings. The molecule has 0 unspecified atom stereocenters. The number of rotatable bonds is 3. The summed E-state index contributed by atoms with van der Waals surface area (Å²) in [5, 5.41) is 1.24. The third kappa shape index (κ3) is 2.64. The van der Waals surface area contributed by atoms with Crippen molar-refractivity contribution in [3.8, 4) is 0 Å². The molecule has 5 nitrogen and oxygen atoms in total. The van der Waals surface area contributed by atoms with E-state index in [-0.39, 0.29) is 5.56 Å². The van der Waals surface area contributed by atoms with Gasteiger partial charge in [-0.15, -0.1) is 0 Å². The topological polar surface area (TPSA) is 74.4 Å². The first-order valence-electron chi connectivity index (χ1n) is 5.53. The lowest BCUT2D eigenvalue weighted by Crippen LogP contribution is -2.09. The zero-order valence-corrected chi connectivity index (χ0v) is 11.3. The molecule has 0 aliphatic heterocycles. The summed E-state index contributed by atoms with van der Waals surface area (Å²) < 4.78 is 0. The minimum Gasteiger partial charge on any atom is -0.339 e. The molecule has 0 atom stereocenters. The Morgan fingerprint density at radius 2 is 2.26 bits per heavy atom. The predicted octanol–water partition coefficient (Wildman–Crippen LogP) is 2.59. The maximum absolute atomic E-state index is 11.7. The monoisotopic (exact) mass is 292 g/mol. The summed E-state index contributed by atoms with van der Waals surface area (Å²) in [6.07, 6.45) is 1.46. The van der Waals surface area contributed by atoms with Crippen LogP contribution >= 0.6 is 23.4 Å². The van der Waals surface area contributed by atoms with Crippen LogP contribution in [0.25, 0.3) is 11.2 Å². The van der Waals surface area contributed by atoms with Crippen molar-refractivity contribution >= 4 is 34.5 Å². The van der Waals surface area contributed by atoms with E-state index in [4.69, 9.17) is 11.6 Å². The molecule has 2 heterocycles. The normalized spacial score (nSPS) is 11.0. The van der Waals surface area contributed by atoms with Crippen LogP contribution < -0.4 is 5.56 Å². The van der Waals surface area contributed by atoms with Crippen LogP contribution in [-0.2, 0) is 5.75 Å². The van der Waals surface area contributed by atoms with E-state index in [2.05, 4.69) is 19.9 Å². The summed E-state index contributed by atoms with van der Waals surface area (Å²) in [6.45, 7) is 0. The van der Waals surface area contributed by atoms with E-state index in [0.717, 1.165) is 5.56 Å². The summed E-state index contributed by atoms with van der Waals surface area (Å²) in [7, 11) is 0. The maximum atomic E-state index is 11.7. The Labute approximate surface area is 117 Å². The number of H-pyrrole nitrogens is 2. The molecule has 0 aliphatic carbocycles. The molecule has 0 bridgehead atoms. The zero-order chi connectivity index (χ0) is 13.2. The van der Waals surface area contributed by atoms with E-state index in [0.29, 0.717) is 27.1 Å². The lowest BCUT2D eigenvalue weighted by atomic mass is 10.2. The summed E-state index contributed by atoms with van der Waals surface area (Å²) in [4.78, 5) is 25.4. The van der Waals surface area contributed by atoms with Gasteiger partial charge in [0.15, 0.2) is 16.3 Å². The van der Waals surface area contributed by atoms with Gasteiger partial charge in [-0.25, -0.2) is 9.97 Å². The predicted molar refractivity (Wildman–Crippen MR) is 75.5 cm³/mol. The van der Waals surface area contributed by atoms with Gasteiger partial charge in [0.05, 0.1) is 6.33 Å². The minimum absolute atomic E-state index is 0.212. The number of hydrogen-bond acceptors (Lipinski definition) is 4. The number of hydrogen-bond donors (Lipinski definition) is 2. The highest BCUT2D eigenvalue weighted by molar-refractivity contribution is 7.98. The van der Waals surface area contributed by atoms with Crippen LogP contribution in [0.4, 0.5) is 0 Å². The first-order valence-corrected chi connectivity index (χ1v) is 6.89. The van der Waals surface area contributed by atoms with Crippen LogP contribution in [-0.4, -0.2) is 19.9 Å². The van der Waals surface area contributed by atoms with Crippen LogP contribution in [0.1, 0.15) is 5.56 Å². The first-order chi connectivity index (χ1) is 9.22. The molecule has 0 saturated carbocycles. The van der Waals surface area contributed by atoms with Crippen molar-refractivity contribution in [2.75, 3.05) is 0 Å². The molecule has 7 heteroatoms. The van der Waals surface area contributed by atoms with E-state index >= 15 is 0 Å². The van der Waals surface area contributed by atoms with Crippen molar-refractivity contribution < 1.29 is 0 Å². The van der Waals surface area contributed by atoms with Gasteiger partial charge >= 0.3 is 0 Å². The number of nitrogens with zero attached hydrogens (tertiary/aromatic N) is 2. The molecule has 1 aromatic carbocycles. The standard InChI is InChI=1S/C12H9ClN4OS/c13-8-3-1-2-7(4-8)5-19-12-16-10-9(11(18)17-12)14-6-15-10/h1-4,6H,5H2,(H2,14,15,16,17,18). The number of fused-ring (bicyclic) bond motifs is 1. The van der Waals surface area contributed by atoms with E-state index in [1.165, 1.54) is 18.1 Å². The smallest absolute Gasteiger partial charge is 0.277 e. The van der Waals surface area contributed by atoms with Gasteiger partial charge in [0.2, 0.25) is 0 Å². The zero-order valence-electron chi connectivity index (χ0n) is 9.68. The molecule has 2 aromatic heterocycles. The molecule has 19 heavy (non-hydrogen) atoms. The molecule has 0 spiro atoms. The van der Waals surface area contributed by atoms with Gasteiger partial charge in [0.25, 0.3) is 5.56 Å². The summed E-state index contributed by atoms with van der Waals surface area (Å²) in [6, 6.07) is 7.58. The third-order valence-electron chi connectivity index (χ3n) is 2.54. The van der Waals surface area contributed by atoms with Gasteiger partial charge in [-0.05, 0) is 17.7 Å². The highest BCUT2D eigenvalue weighted by Crippen LogP contribution is 2.21. The number of thioether (sulfide) groups is 1. The van der Waals surface area contributed by atoms with Gasteiger partial charge in [-0.3, -0.25) is 9.78 Å². The van der Waals surface area contributed by atoms with E-state index in [1.807, 2.05) is 24.3 Å². The number of nitrogens with one attached hydrogen (secondary N) is 2. The Balaban J connectivity index is 1.83. The molecule has 0 fully saturated rings. The number of benzene rings is 1. The first kappa shape index (κ1) is 12.3. The highest BCUT2D eigenvalue weighted by Gasteiger charge is 2.06. The van der Waals surface area contributed by atoms with Gasteiger partial charge in [-0.2, -0.15) is 0 Å². The number of aromatic amines is 2. The van der Waals surface area contributed by atoms with Crippen LogP contribution in [0.5, 0.6) is 0 Å². The Bertz CT molecular complexity index is 782. The highest BCUT2D eigenvalue weighted by atomic mass is 35.5. The Hall–Kier alpha value is -1.79. The Morgan fingerprint density at radius 3 is 3.11 bits per heavy atom. The fourth-order valence-electron chi connectivity index (χ4n) is 1.67. The second-order valence-electron chi connectivity index (χ2n) is 3.89.